The Balaban J connectivity index is 5.43. The van der Waals surface area contributed by atoms with Gasteiger partial charge in [-0.2, -0.15) is 15.0 Å². The van der Waals surface area contributed by atoms with E-state index >= 15 is 0 Å². The van der Waals surface area contributed by atoms with Gasteiger partial charge in [0.05, 0.1) is 57.5 Å². The number of aliphatic imine (C=N–C) groups is 3. The summed E-state index contributed by atoms with van der Waals surface area (Å²) in [5.41, 5.74) is -3.50. The number of carbonyl (C=O) groups excluding carboxylic acids is 3. The van der Waals surface area contributed by atoms with E-state index in [1.54, 1.807) is 21.0 Å². The van der Waals surface area contributed by atoms with Gasteiger partial charge < -0.3 is 33.2 Å². The first kappa shape index (κ1) is 34.9. The third-order valence-electron chi connectivity index (χ3n) is 4.87. The van der Waals surface area contributed by atoms with Crippen molar-refractivity contribution in [1.82, 2.24) is 0 Å². The smallest absolute Gasteiger partial charge is 0.238 e. The van der Waals surface area contributed by atoms with Crippen molar-refractivity contribution in [3.8, 4) is 0 Å². The van der Waals surface area contributed by atoms with E-state index in [4.69, 9.17) is 33.2 Å². The summed E-state index contributed by atoms with van der Waals surface area (Å²) >= 11 is 0. The molecule has 0 bridgehead atoms. The van der Waals surface area contributed by atoms with E-state index in [2.05, 4.69) is 15.0 Å². The third-order valence-corrected chi connectivity index (χ3v) is 4.87. The lowest BCUT2D eigenvalue weighted by atomic mass is 10.2. The van der Waals surface area contributed by atoms with Gasteiger partial charge in [-0.3, -0.25) is 0 Å². The Kier molecular flexibility index (Phi) is 17.9. The number of isocyanates is 3. The quantitative estimate of drug-likeness (QED) is 0.150. The molecule has 37 heavy (non-hydrogen) atoms. The zero-order chi connectivity index (χ0) is 28.3. The van der Waals surface area contributed by atoms with Crippen LogP contribution in [0.3, 0.4) is 0 Å². The van der Waals surface area contributed by atoms with Crippen LogP contribution in [0.4, 0.5) is 0 Å². The SMILES string of the molecule is CCO[C@H](C)COC(C)CO[C@](C)(N=C=O)C(N=C=O)O[C@@](C)(CO[C@H](C)CO[C@H](C)COC)N=C=O. The maximum absolute atomic E-state index is 11.2. The topological polar surface area (TPSA) is 153 Å². The zero-order valence-electron chi connectivity index (χ0n) is 23.1. The summed E-state index contributed by atoms with van der Waals surface area (Å²) in [5, 5.41) is 0. The fourth-order valence-electron chi connectivity index (χ4n) is 2.88. The Bertz CT molecular complexity index is 783. The summed E-state index contributed by atoms with van der Waals surface area (Å²) in [6.45, 7) is 13.1. The van der Waals surface area contributed by atoms with Gasteiger partial charge in [0.2, 0.25) is 30.2 Å². The number of nitrogens with zero attached hydrogens (tertiary/aromatic N) is 3. The van der Waals surface area contributed by atoms with Gasteiger partial charge in [-0.1, -0.05) is 0 Å². The minimum Gasteiger partial charge on any atom is -0.382 e. The van der Waals surface area contributed by atoms with Gasteiger partial charge in [-0.25, -0.2) is 14.4 Å². The van der Waals surface area contributed by atoms with Gasteiger partial charge in [0.1, 0.15) is 0 Å². The highest BCUT2D eigenvalue weighted by molar-refractivity contribution is 5.37. The van der Waals surface area contributed by atoms with E-state index in [0.29, 0.717) is 19.8 Å². The highest BCUT2D eigenvalue weighted by Gasteiger charge is 2.43. The van der Waals surface area contributed by atoms with Crippen LogP contribution >= 0.6 is 0 Å². The summed E-state index contributed by atoms with van der Waals surface area (Å²) in [6, 6.07) is 0. The number of hydrogen-bond donors (Lipinski definition) is 0. The molecule has 0 saturated carbocycles. The predicted octanol–water partition coefficient (Wildman–Crippen LogP) is 2.07. The third kappa shape index (κ3) is 15.0. The van der Waals surface area contributed by atoms with Crippen LogP contribution in [-0.2, 0) is 47.5 Å². The van der Waals surface area contributed by atoms with Crippen LogP contribution < -0.4 is 0 Å². The fraction of sp³-hybridized carbons (Fsp3) is 0.875. The molecule has 0 spiro atoms. The average Bonchev–Trinajstić information content (AvgIpc) is 2.84. The van der Waals surface area contributed by atoms with E-state index in [1.165, 1.54) is 32.1 Å². The van der Waals surface area contributed by atoms with E-state index in [-0.39, 0.29) is 32.0 Å². The van der Waals surface area contributed by atoms with Gasteiger partial charge in [-0.15, -0.1) is 0 Å². The standard InChI is InChI=1S/C24H41N3O10/c1-9-32-19(3)11-34-21(5)13-36-24(7,27-17-30)22(25-15-28)37-23(6,26-16-29)14-35-20(4)12-33-18(2)10-31-8/h18-22H,9-14H2,1-8H3/t18-,19-,20-,21?,22?,23+,24+/m1/s1. The monoisotopic (exact) mass is 531 g/mol. The lowest BCUT2D eigenvalue weighted by Crippen LogP contribution is -2.48. The molecule has 0 N–H and O–H groups in total. The maximum Gasteiger partial charge on any atom is 0.238 e. The van der Waals surface area contributed by atoms with E-state index in [0.717, 1.165) is 0 Å². The highest BCUT2D eigenvalue weighted by atomic mass is 16.6. The van der Waals surface area contributed by atoms with E-state index < -0.39 is 29.9 Å². The summed E-state index contributed by atoms with van der Waals surface area (Å²) in [5.74, 6) is 0. The molecule has 13 nitrogen and oxygen atoms in total. The van der Waals surface area contributed by atoms with E-state index in [1.807, 2.05) is 20.8 Å². The molecule has 212 valence electrons. The van der Waals surface area contributed by atoms with Crippen molar-refractivity contribution in [2.24, 2.45) is 15.0 Å². The van der Waals surface area contributed by atoms with Crippen molar-refractivity contribution in [3.63, 3.8) is 0 Å². The van der Waals surface area contributed by atoms with Gasteiger partial charge in [0.25, 0.3) is 0 Å². The van der Waals surface area contributed by atoms with Gasteiger partial charge in [-0.05, 0) is 48.5 Å². The number of rotatable bonds is 22. The van der Waals surface area contributed by atoms with Crippen LogP contribution in [0.5, 0.6) is 0 Å². The summed E-state index contributed by atoms with van der Waals surface area (Å²) in [7, 11) is 1.57. The average molecular weight is 532 g/mol. The van der Waals surface area contributed by atoms with E-state index in [9.17, 15) is 14.4 Å². The first-order valence-electron chi connectivity index (χ1n) is 12.0. The second-order valence-electron chi connectivity index (χ2n) is 8.77. The Morgan fingerprint density at radius 3 is 1.78 bits per heavy atom. The van der Waals surface area contributed by atoms with Crippen LogP contribution in [0.15, 0.2) is 15.0 Å². The van der Waals surface area contributed by atoms with Crippen molar-refractivity contribution >= 4 is 18.2 Å². The van der Waals surface area contributed by atoms with Crippen molar-refractivity contribution in [3.05, 3.63) is 0 Å². The van der Waals surface area contributed by atoms with Crippen LogP contribution in [0.25, 0.3) is 0 Å². The Morgan fingerprint density at radius 1 is 0.730 bits per heavy atom. The maximum atomic E-state index is 11.2. The molecule has 0 heterocycles. The fourth-order valence-corrected chi connectivity index (χ4v) is 2.88. The van der Waals surface area contributed by atoms with Crippen molar-refractivity contribution in [1.29, 1.82) is 0 Å². The molecule has 0 rings (SSSR count). The molecule has 0 radical (unpaired) electrons. The molecule has 0 fully saturated rings. The number of ether oxygens (including phenoxy) is 7. The number of hydrogen-bond acceptors (Lipinski definition) is 13. The van der Waals surface area contributed by atoms with Gasteiger partial charge in [0, 0.05) is 13.7 Å². The molecular weight excluding hydrogens is 490 g/mol. The molecule has 2 unspecified atom stereocenters. The summed E-state index contributed by atoms with van der Waals surface area (Å²) in [6.07, 6.45) is 1.52. The lowest BCUT2D eigenvalue weighted by molar-refractivity contribution is -0.204. The predicted molar refractivity (Wildman–Crippen MR) is 131 cm³/mol. The first-order valence-corrected chi connectivity index (χ1v) is 12.0. The molecule has 13 heteroatoms. The van der Waals surface area contributed by atoms with Crippen LogP contribution in [0.1, 0.15) is 48.5 Å². The van der Waals surface area contributed by atoms with Gasteiger partial charge >= 0.3 is 0 Å². The molecule has 0 aliphatic rings. The Hall–Kier alpha value is -2.14. The molecular formula is C24H41N3O10. The summed E-state index contributed by atoms with van der Waals surface area (Å²) in [4.78, 5) is 44.4. The second kappa shape index (κ2) is 19.0. The molecule has 0 aromatic heterocycles. The normalized spacial score (nSPS) is 18.5. The van der Waals surface area contributed by atoms with Crippen molar-refractivity contribution in [2.45, 2.75) is 90.6 Å². The molecule has 0 saturated heterocycles. The first-order chi connectivity index (χ1) is 17.5. The minimum absolute atomic E-state index is 0.0487. The largest absolute Gasteiger partial charge is 0.382 e. The van der Waals surface area contributed by atoms with Crippen molar-refractivity contribution < 1.29 is 47.5 Å². The highest BCUT2D eigenvalue weighted by Crippen LogP contribution is 2.28. The lowest BCUT2D eigenvalue weighted by Gasteiger charge is -2.35. The van der Waals surface area contributed by atoms with Gasteiger partial charge in [0.15, 0.2) is 5.72 Å². The molecule has 7 atom stereocenters. The molecule has 0 amide bonds. The number of methoxy groups -OCH3 is 1. The van der Waals surface area contributed by atoms with Crippen LogP contribution in [-0.4, -0.2) is 107 Å². The Morgan fingerprint density at radius 2 is 1.27 bits per heavy atom. The minimum atomic E-state index is -1.83. The molecule has 0 aliphatic carbocycles. The Labute approximate surface area is 218 Å². The summed E-state index contributed by atoms with van der Waals surface area (Å²) < 4.78 is 39.0. The molecule has 0 aromatic carbocycles. The zero-order valence-corrected chi connectivity index (χ0v) is 23.1. The molecule has 0 aromatic rings. The second-order valence-corrected chi connectivity index (χ2v) is 8.77. The van der Waals surface area contributed by atoms with Crippen LogP contribution in [0.2, 0.25) is 0 Å². The molecule has 0 aliphatic heterocycles. The van der Waals surface area contributed by atoms with Crippen molar-refractivity contribution in [2.75, 3.05) is 46.8 Å². The van der Waals surface area contributed by atoms with Crippen LogP contribution in [0, 0.1) is 0 Å².